The second-order valence-corrected chi connectivity index (χ2v) is 7.06. The van der Waals surface area contributed by atoms with E-state index in [-0.39, 0.29) is 41.4 Å². The lowest BCUT2D eigenvalue weighted by molar-refractivity contribution is -0.136. The zero-order valence-corrected chi connectivity index (χ0v) is 16.0. The lowest BCUT2D eigenvalue weighted by Crippen LogP contribution is -2.40. The molecule has 6 heteroatoms. The molecule has 1 heterocycles. The van der Waals surface area contributed by atoms with E-state index in [2.05, 4.69) is 0 Å². The fourth-order valence-electron chi connectivity index (χ4n) is 3.76. The third-order valence-corrected chi connectivity index (χ3v) is 5.03. The summed E-state index contributed by atoms with van der Waals surface area (Å²) < 4.78 is 10.5. The molecule has 0 fully saturated rings. The van der Waals surface area contributed by atoms with Crippen LogP contribution in [0.2, 0.25) is 0 Å². The number of rotatable bonds is 5. The Bertz CT molecular complexity index is 848. The third kappa shape index (κ3) is 3.16. The first-order valence-electron chi connectivity index (χ1n) is 8.92. The van der Waals surface area contributed by atoms with Crippen molar-refractivity contribution in [2.45, 2.75) is 32.9 Å². The molecule has 0 aromatic heterocycles. The summed E-state index contributed by atoms with van der Waals surface area (Å²) in [7, 11) is 2.79. The first-order valence-corrected chi connectivity index (χ1v) is 8.92. The average molecular weight is 371 g/mol. The quantitative estimate of drug-likeness (QED) is 0.788. The number of fused-ring (bicyclic) bond motifs is 1. The molecule has 0 bridgehead atoms. The minimum atomic E-state index is -0.580. The van der Waals surface area contributed by atoms with Gasteiger partial charge < -0.3 is 24.6 Å². The minimum Gasteiger partial charge on any atom is -0.504 e. The summed E-state index contributed by atoms with van der Waals surface area (Å²) in [6, 6.07) is 9.69. The number of ether oxygens (including phenoxy) is 2. The molecule has 3 rings (SSSR count). The normalized spacial score (nSPS) is 16.4. The van der Waals surface area contributed by atoms with Crippen LogP contribution in [0.3, 0.4) is 0 Å². The maximum atomic E-state index is 13.2. The van der Waals surface area contributed by atoms with E-state index in [9.17, 15) is 15.0 Å². The molecule has 1 aliphatic rings. The van der Waals surface area contributed by atoms with Crippen molar-refractivity contribution >= 4 is 5.91 Å². The van der Waals surface area contributed by atoms with Crippen LogP contribution in [-0.2, 0) is 17.9 Å². The van der Waals surface area contributed by atoms with E-state index in [0.29, 0.717) is 17.7 Å². The van der Waals surface area contributed by atoms with Crippen LogP contribution in [-0.4, -0.2) is 35.2 Å². The smallest absolute Gasteiger partial charge is 0.231 e. The Hall–Kier alpha value is -2.89. The van der Waals surface area contributed by atoms with Gasteiger partial charge in [0.2, 0.25) is 17.4 Å². The number of benzene rings is 2. The largest absolute Gasteiger partial charge is 0.504 e. The fraction of sp³-hybridized carbons (Fsp3) is 0.381. The number of aromatic hydroxyl groups is 2. The molecule has 0 saturated heterocycles. The molecule has 2 aromatic carbocycles. The van der Waals surface area contributed by atoms with Gasteiger partial charge in [0.1, 0.15) is 0 Å². The Morgan fingerprint density at radius 1 is 1.07 bits per heavy atom. The molecular weight excluding hydrogens is 346 g/mol. The molecule has 6 nitrogen and oxygen atoms in total. The number of phenolic OH excluding ortho intramolecular Hbond substituents is 2. The number of hydrogen-bond acceptors (Lipinski definition) is 5. The van der Waals surface area contributed by atoms with Gasteiger partial charge in [-0.2, -0.15) is 0 Å². The summed E-state index contributed by atoms with van der Waals surface area (Å²) in [5, 5.41) is 21.6. The monoisotopic (exact) mass is 371 g/mol. The Balaban J connectivity index is 2.15. The molecular formula is C21H25NO5. The summed E-state index contributed by atoms with van der Waals surface area (Å²) in [5.41, 5.74) is 1.93. The summed E-state index contributed by atoms with van der Waals surface area (Å²) in [6.07, 6.45) is 0. The van der Waals surface area contributed by atoms with E-state index in [0.717, 1.165) is 5.56 Å². The second-order valence-electron chi connectivity index (χ2n) is 7.06. The highest BCUT2D eigenvalue weighted by atomic mass is 16.5. The van der Waals surface area contributed by atoms with Gasteiger partial charge in [-0.05, 0) is 11.5 Å². The number of carbonyl (C=O) groups is 1. The van der Waals surface area contributed by atoms with Crippen LogP contribution in [0.1, 0.15) is 36.5 Å². The van der Waals surface area contributed by atoms with Crippen molar-refractivity contribution in [1.29, 1.82) is 0 Å². The van der Waals surface area contributed by atoms with Crippen LogP contribution in [0.25, 0.3) is 0 Å². The molecule has 0 saturated carbocycles. The molecule has 27 heavy (non-hydrogen) atoms. The summed E-state index contributed by atoms with van der Waals surface area (Å²) in [4.78, 5) is 14.9. The van der Waals surface area contributed by atoms with Crippen LogP contribution in [0.4, 0.5) is 0 Å². The predicted octanol–water partition coefficient (Wildman–Crippen LogP) is 3.40. The van der Waals surface area contributed by atoms with Gasteiger partial charge in [0.25, 0.3) is 0 Å². The van der Waals surface area contributed by atoms with Gasteiger partial charge in [0.05, 0.1) is 26.7 Å². The third-order valence-electron chi connectivity index (χ3n) is 5.03. The van der Waals surface area contributed by atoms with Gasteiger partial charge in [0.15, 0.2) is 11.5 Å². The first-order chi connectivity index (χ1) is 12.9. The van der Waals surface area contributed by atoms with E-state index >= 15 is 0 Å². The SMILES string of the molecule is COc1c(O)c2c(c(O)c1OC)C(C(C)C)C(=O)N(Cc1ccccc1)C2. The average Bonchev–Trinajstić information content (AvgIpc) is 2.65. The zero-order valence-electron chi connectivity index (χ0n) is 16.0. The van der Waals surface area contributed by atoms with Crippen molar-refractivity contribution < 1.29 is 24.5 Å². The molecule has 1 unspecified atom stereocenters. The molecule has 1 amide bonds. The molecule has 0 spiro atoms. The highest BCUT2D eigenvalue weighted by Gasteiger charge is 2.41. The van der Waals surface area contributed by atoms with Crippen LogP contribution in [0.15, 0.2) is 30.3 Å². The minimum absolute atomic E-state index is 0.0451. The molecule has 2 aromatic rings. The molecule has 0 aliphatic carbocycles. The van der Waals surface area contributed by atoms with Crippen LogP contribution >= 0.6 is 0 Å². The lowest BCUT2D eigenvalue weighted by atomic mass is 9.80. The van der Waals surface area contributed by atoms with Crippen LogP contribution < -0.4 is 9.47 Å². The number of nitrogens with zero attached hydrogens (tertiary/aromatic N) is 1. The number of amides is 1. The van der Waals surface area contributed by atoms with Gasteiger partial charge in [-0.15, -0.1) is 0 Å². The molecule has 1 atom stereocenters. The van der Waals surface area contributed by atoms with Gasteiger partial charge in [-0.3, -0.25) is 4.79 Å². The van der Waals surface area contributed by atoms with Gasteiger partial charge in [-0.25, -0.2) is 0 Å². The fourth-order valence-corrected chi connectivity index (χ4v) is 3.76. The topological polar surface area (TPSA) is 79.2 Å². The van der Waals surface area contributed by atoms with Crippen molar-refractivity contribution in [3.05, 3.63) is 47.0 Å². The summed E-state index contributed by atoms with van der Waals surface area (Å²) in [5.74, 6) is -0.856. The predicted molar refractivity (Wildman–Crippen MR) is 101 cm³/mol. The first kappa shape index (κ1) is 18.9. The second kappa shape index (κ2) is 7.39. The van der Waals surface area contributed by atoms with Crippen molar-refractivity contribution in [2.24, 2.45) is 5.92 Å². The maximum Gasteiger partial charge on any atom is 0.231 e. The van der Waals surface area contributed by atoms with E-state index in [1.165, 1.54) is 14.2 Å². The number of methoxy groups -OCH3 is 2. The molecule has 1 aliphatic heterocycles. The lowest BCUT2D eigenvalue weighted by Gasteiger charge is -2.37. The highest BCUT2D eigenvalue weighted by Crippen LogP contribution is 2.54. The van der Waals surface area contributed by atoms with Crippen molar-refractivity contribution in [1.82, 2.24) is 4.90 Å². The highest BCUT2D eigenvalue weighted by molar-refractivity contribution is 5.89. The standard InChI is InChI=1S/C21H25NO5/c1-12(2)15-16-14(17(23)19(26-3)20(27-4)18(16)24)11-22(21(15)25)10-13-8-6-5-7-9-13/h5-9,12,15,23-24H,10-11H2,1-4H3. The van der Waals surface area contributed by atoms with Crippen molar-refractivity contribution in [3.8, 4) is 23.0 Å². The Kier molecular flexibility index (Phi) is 5.17. The molecule has 0 radical (unpaired) electrons. The van der Waals surface area contributed by atoms with Crippen molar-refractivity contribution in [2.75, 3.05) is 14.2 Å². The number of phenols is 2. The van der Waals surface area contributed by atoms with Gasteiger partial charge in [-0.1, -0.05) is 44.2 Å². The summed E-state index contributed by atoms with van der Waals surface area (Å²) in [6.45, 7) is 4.46. The maximum absolute atomic E-state index is 13.2. The molecule has 2 N–H and O–H groups in total. The van der Waals surface area contributed by atoms with Gasteiger partial charge in [0, 0.05) is 17.7 Å². The van der Waals surface area contributed by atoms with E-state index in [1.54, 1.807) is 4.90 Å². The van der Waals surface area contributed by atoms with Gasteiger partial charge >= 0.3 is 0 Å². The van der Waals surface area contributed by atoms with Crippen molar-refractivity contribution in [3.63, 3.8) is 0 Å². The number of carbonyl (C=O) groups excluding carboxylic acids is 1. The Morgan fingerprint density at radius 2 is 1.67 bits per heavy atom. The zero-order chi connectivity index (χ0) is 19.7. The van der Waals surface area contributed by atoms with E-state index in [4.69, 9.17) is 9.47 Å². The van der Waals surface area contributed by atoms with E-state index < -0.39 is 5.92 Å². The van der Waals surface area contributed by atoms with E-state index in [1.807, 2.05) is 44.2 Å². The Morgan fingerprint density at radius 3 is 2.22 bits per heavy atom. The Labute approximate surface area is 159 Å². The van der Waals surface area contributed by atoms with Crippen LogP contribution in [0, 0.1) is 5.92 Å². The summed E-state index contributed by atoms with van der Waals surface area (Å²) >= 11 is 0. The van der Waals surface area contributed by atoms with Crippen LogP contribution in [0.5, 0.6) is 23.0 Å². The number of hydrogen-bond donors (Lipinski definition) is 2. The molecule has 144 valence electrons.